The summed E-state index contributed by atoms with van der Waals surface area (Å²) in [5, 5.41) is 10.3. The van der Waals surface area contributed by atoms with Gasteiger partial charge in [0, 0.05) is 17.9 Å². The third kappa shape index (κ3) is 2.39. The van der Waals surface area contributed by atoms with Gasteiger partial charge in [0.2, 0.25) is 0 Å². The molecule has 106 valence electrons. The quantitative estimate of drug-likeness (QED) is 0.873. The maximum absolute atomic E-state index is 12.4. The predicted octanol–water partition coefficient (Wildman–Crippen LogP) is 1.21. The molecule has 1 aromatic heterocycles. The molecule has 0 aliphatic carbocycles. The van der Waals surface area contributed by atoms with E-state index in [1.807, 2.05) is 39.5 Å². The molecule has 0 amide bonds. The second kappa shape index (κ2) is 4.34. The van der Waals surface area contributed by atoms with E-state index in [0.717, 1.165) is 0 Å². The van der Waals surface area contributed by atoms with Crippen LogP contribution in [0.15, 0.2) is 17.2 Å². The Labute approximate surface area is 113 Å². The molecule has 0 unspecified atom stereocenters. The van der Waals surface area contributed by atoms with Crippen LogP contribution in [0.2, 0.25) is 0 Å². The Balaban J connectivity index is 2.28. The molecule has 5 nitrogen and oxygen atoms in total. The molecule has 1 aliphatic heterocycles. The van der Waals surface area contributed by atoms with Crippen molar-refractivity contribution in [3.05, 3.63) is 22.7 Å². The maximum atomic E-state index is 12.4. The van der Waals surface area contributed by atoms with Crippen LogP contribution in [0.4, 0.5) is 5.82 Å². The number of nitrogens with zero attached hydrogens (tertiary/aromatic N) is 3. The van der Waals surface area contributed by atoms with E-state index in [2.05, 4.69) is 4.98 Å². The monoisotopic (exact) mass is 265 g/mol. The Kier molecular flexibility index (Phi) is 3.21. The lowest BCUT2D eigenvalue weighted by Gasteiger charge is -2.49. The van der Waals surface area contributed by atoms with Gasteiger partial charge in [-0.05, 0) is 26.7 Å². The number of hydrogen-bond donors (Lipinski definition) is 1. The zero-order chi connectivity index (χ0) is 14.4. The molecule has 1 aliphatic rings. The molecule has 2 rings (SSSR count). The van der Waals surface area contributed by atoms with Crippen LogP contribution in [0.5, 0.6) is 0 Å². The minimum absolute atomic E-state index is 0.0965. The maximum Gasteiger partial charge on any atom is 0.293 e. The van der Waals surface area contributed by atoms with E-state index in [1.54, 1.807) is 17.0 Å². The lowest BCUT2D eigenvalue weighted by molar-refractivity contribution is -0.0306. The number of β-amino-alcohol motifs (C(OH)–C–C–N with tert-alkyl or cyclic N) is 1. The number of rotatable bonds is 2. The first-order valence-corrected chi connectivity index (χ1v) is 6.70. The minimum Gasteiger partial charge on any atom is -0.386 e. The van der Waals surface area contributed by atoms with Gasteiger partial charge in [0.15, 0.2) is 5.82 Å². The summed E-state index contributed by atoms with van der Waals surface area (Å²) >= 11 is 0. The zero-order valence-corrected chi connectivity index (χ0v) is 12.3. The number of hydrogen-bond acceptors (Lipinski definition) is 4. The largest absolute Gasteiger partial charge is 0.386 e. The summed E-state index contributed by atoms with van der Waals surface area (Å²) < 4.78 is 1.68. The van der Waals surface area contributed by atoms with Gasteiger partial charge in [0.25, 0.3) is 5.56 Å². The topological polar surface area (TPSA) is 58.4 Å². The second-order valence-corrected chi connectivity index (χ2v) is 6.71. The Bertz CT molecular complexity index is 522. The van der Waals surface area contributed by atoms with Gasteiger partial charge in [-0.2, -0.15) is 0 Å². The highest BCUT2D eigenvalue weighted by Gasteiger charge is 2.45. The van der Waals surface area contributed by atoms with E-state index in [9.17, 15) is 9.90 Å². The number of aromatic nitrogens is 2. The van der Waals surface area contributed by atoms with Crippen LogP contribution in [0.3, 0.4) is 0 Å². The average molecular weight is 265 g/mol. The van der Waals surface area contributed by atoms with E-state index in [0.29, 0.717) is 18.9 Å². The average Bonchev–Trinajstić information content (AvgIpc) is 2.23. The molecule has 1 N–H and O–H groups in total. The molecule has 2 heterocycles. The van der Waals surface area contributed by atoms with Crippen LogP contribution in [0, 0.1) is 5.92 Å². The molecule has 0 bridgehead atoms. The Morgan fingerprint density at radius 2 is 1.95 bits per heavy atom. The Morgan fingerprint density at radius 3 is 2.42 bits per heavy atom. The summed E-state index contributed by atoms with van der Waals surface area (Å²) in [5.41, 5.74) is -1.06. The van der Waals surface area contributed by atoms with Crippen molar-refractivity contribution < 1.29 is 5.11 Å². The van der Waals surface area contributed by atoms with Crippen LogP contribution in [0.25, 0.3) is 0 Å². The zero-order valence-electron chi connectivity index (χ0n) is 12.3. The van der Waals surface area contributed by atoms with Crippen LogP contribution in [-0.2, 0) is 5.54 Å². The van der Waals surface area contributed by atoms with Crippen molar-refractivity contribution in [1.29, 1.82) is 0 Å². The van der Waals surface area contributed by atoms with Crippen molar-refractivity contribution in [2.45, 2.75) is 45.8 Å². The molecule has 0 radical (unpaired) electrons. The van der Waals surface area contributed by atoms with E-state index in [4.69, 9.17) is 0 Å². The minimum atomic E-state index is -0.698. The molecule has 19 heavy (non-hydrogen) atoms. The van der Waals surface area contributed by atoms with E-state index in [1.165, 1.54) is 0 Å². The van der Waals surface area contributed by atoms with Gasteiger partial charge >= 0.3 is 0 Å². The molecule has 5 heteroatoms. The second-order valence-electron chi connectivity index (χ2n) is 6.71. The van der Waals surface area contributed by atoms with Gasteiger partial charge in [-0.3, -0.25) is 4.79 Å². The number of aliphatic hydroxyl groups is 1. The predicted molar refractivity (Wildman–Crippen MR) is 75.5 cm³/mol. The molecule has 0 spiro atoms. The third-order valence-corrected chi connectivity index (χ3v) is 3.85. The lowest BCUT2D eigenvalue weighted by Crippen LogP contribution is -2.66. The fourth-order valence-electron chi connectivity index (χ4n) is 2.28. The van der Waals surface area contributed by atoms with Crippen LogP contribution in [0.1, 0.15) is 34.6 Å². The summed E-state index contributed by atoms with van der Waals surface area (Å²) in [7, 11) is 0. The summed E-state index contributed by atoms with van der Waals surface area (Å²) in [6.45, 7) is 10.9. The van der Waals surface area contributed by atoms with Crippen molar-refractivity contribution in [3.8, 4) is 0 Å². The van der Waals surface area contributed by atoms with Crippen LogP contribution < -0.4 is 10.5 Å². The van der Waals surface area contributed by atoms with Crippen molar-refractivity contribution in [3.63, 3.8) is 0 Å². The van der Waals surface area contributed by atoms with Crippen molar-refractivity contribution in [1.82, 2.24) is 9.55 Å². The van der Waals surface area contributed by atoms with Crippen molar-refractivity contribution in [2.75, 3.05) is 18.0 Å². The van der Waals surface area contributed by atoms with Gasteiger partial charge in [-0.15, -0.1) is 0 Å². The first-order chi connectivity index (χ1) is 8.65. The van der Waals surface area contributed by atoms with Crippen LogP contribution >= 0.6 is 0 Å². The molecule has 1 fully saturated rings. The molecule has 0 saturated carbocycles. The highest BCUT2D eigenvalue weighted by Crippen LogP contribution is 2.30. The molecule has 0 aromatic carbocycles. The summed E-state index contributed by atoms with van der Waals surface area (Å²) in [5.74, 6) is 0.611. The first kappa shape index (κ1) is 14.1. The SMILES string of the molecule is CC(C)C1(O)CN(c2nccn(C(C)(C)C)c2=O)C1. The van der Waals surface area contributed by atoms with Crippen molar-refractivity contribution >= 4 is 5.82 Å². The summed E-state index contributed by atoms with van der Waals surface area (Å²) in [6, 6.07) is 0. The van der Waals surface area contributed by atoms with Crippen LogP contribution in [-0.4, -0.2) is 33.3 Å². The lowest BCUT2D eigenvalue weighted by atomic mass is 9.83. The van der Waals surface area contributed by atoms with Gasteiger partial charge in [-0.1, -0.05) is 13.8 Å². The Hall–Kier alpha value is -1.36. The van der Waals surface area contributed by atoms with Gasteiger partial charge in [0.05, 0.1) is 13.1 Å². The molecule has 1 saturated heterocycles. The first-order valence-electron chi connectivity index (χ1n) is 6.70. The smallest absolute Gasteiger partial charge is 0.293 e. The molecular formula is C14H23N3O2. The highest BCUT2D eigenvalue weighted by molar-refractivity contribution is 5.42. The van der Waals surface area contributed by atoms with E-state index < -0.39 is 5.60 Å². The third-order valence-electron chi connectivity index (χ3n) is 3.85. The van der Waals surface area contributed by atoms with Crippen molar-refractivity contribution in [2.24, 2.45) is 5.92 Å². The molecule has 1 aromatic rings. The summed E-state index contributed by atoms with van der Waals surface area (Å²) in [4.78, 5) is 18.4. The highest BCUT2D eigenvalue weighted by atomic mass is 16.3. The standard InChI is InChI=1S/C14H23N3O2/c1-10(2)14(19)8-16(9-14)11-12(18)17(7-6-15-11)13(3,4)5/h6-7,10,19H,8-9H2,1-5H3. The van der Waals surface area contributed by atoms with E-state index >= 15 is 0 Å². The van der Waals surface area contributed by atoms with E-state index in [-0.39, 0.29) is 17.0 Å². The fourth-order valence-corrected chi connectivity index (χ4v) is 2.28. The summed E-state index contributed by atoms with van der Waals surface area (Å²) in [6.07, 6.45) is 3.36. The van der Waals surface area contributed by atoms with Gasteiger partial charge in [-0.25, -0.2) is 4.98 Å². The number of anilines is 1. The molecule has 0 atom stereocenters. The Morgan fingerprint density at radius 1 is 1.37 bits per heavy atom. The molecular weight excluding hydrogens is 242 g/mol. The van der Waals surface area contributed by atoms with Gasteiger partial charge in [0.1, 0.15) is 5.60 Å². The fraction of sp³-hybridized carbons (Fsp3) is 0.714. The van der Waals surface area contributed by atoms with Gasteiger partial charge < -0.3 is 14.6 Å². The normalized spacial score (nSPS) is 18.6.